The lowest BCUT2D eigenvalue weighted by Gasteiger charge is -2.28. The summed E-state index contributed by atoms with van der Waals surface area (Å²) in [6.07, 6.45) is 1.90. The van der Waals surface area contributed by atoms with Crippen molar-refractivity contribution < 1.29 is 22.7 Å². The van der Waals surface area contributed by atoms with Gasteiger partial charge in [0.1, 0.15) is 6.04 Å². The second kappa shape index (κ2) is 8.88. The Labute approximate surface area is 165 Å². The molecule has 0 aliphatic carbocycles. The summed E-state index contributed by atoms with van der Waals surface area (Å²) in [5.74, 6) is -0.971. The lowest BCUT2D eigenvalue weighted by atomic mass is 10.1. The SMILES string of the molecule is CCc1ccc(N([C@H](C)C(=O)Nc2ccc(C(=O)OC)cc2)S(C)(=O)=O)cc1. The predicted octanol–water partition coefficient (Wildman–Crippen LogP) is 2.83. The fourth-order valence-electron chi connectivity index (χ4n) is 2.74. The minimum atomic E-state index is -3.68. The van der Waals surface area contributed by atoms with E-state index < -0.39 is 27.9 Å². The predicted molar refractivity (Wildman–Crippen MR) is 109 cm³/mol. The maximum Gasteiger partial charge on any atom is 0.337 e. The molecule has 1 amide bonds. The molecule has 0 aromatic heterocycles. The van der Waals surface area contributed by atoms with Gasteiger partial charge in [-0.1, -0.05) is 19.1 Å². The molecule has 7 nitrogen and oxygen atoms in total. The molecular formula is C20H24N2O5S. The summed E-state index contributed by atoms with van der Waals surface area (Å²) in [7, 11) is -2.40. The molecule has 150 valence electrons. The number of sulfonamides is 1. The maximum absolute atomic E-state index is 12.7. The van der Waals surface area contributed by atoms with E-state index in [0.717, 1.165) is 22.5 Å². The Balaban J connectivity index is 2.22. The molecule has 0 radical (unpaired) electrons. The number of hydrogen-bond donors (Lipinski definition) is 1. The van der Waals surface area contributed by atoms with Crippen LogP contribution in [0.2, 0.25) is 0 Å². The lowest BCUT2D eigenvalue weighted by Crippen LogP contribution is -2.45. The van der Waals surface area contributed by atoms with Gasteiger partial charge in [-0.3, -0.25) is 9.10 Å². The molecule has 0 fully saturated rings. The van der Waals surface area contributed by atoms with Gasteiger partial charge in [-0.05, 0) is 55.3 Å². The molecule has 0 spiro atoms. The van der Waals surface area contributed by atoms with Crippen molar-refractivity contribution in [3.63, 3.8) is 0 Å². The Morgan fingerprint density at radius 2 is 1.64 bits per heavy atom. The van der Waals surface area contributed by atoms with Crippen LogP contribution in [0, 0.1) is 0 Å². The van der Waals surface area contributed by atoms with E-state index in [-0.39, 0.29) is 0 Å². The van der Waals surface area contributed by atoms with Crippen molar-refractivity contribution in [3.8, 4) is 0 Å². The minimum Gasteiger partial charge on any atom is -0.465 e. The number of ether oxygens (including phenoxy) is 1. The third kappa shape index (κ3) is 5.10. The Bertz CT molecular complexity index is 938. The van der Waals surface area contributed by atoms with Crippen molar-refractivity contribution in [2.45, 2.75) is 26.3 Å². The Hall–Kier alpha value is -2.87. The summed E-state index contributed by atoms with van der Waals surface area (Å²) < 4.78 is 30.4. The van der Waals surface area contributed by atoms with E-state index in [9.17, 15) is 18.0 Å². The normalized spacial score (nSPS) is 12.1. The van der Waals surface area contributed by atoms with E-state index in [0.29, 0.717) is 16.9 Å². The highest BCUT2D eigenvalue weighted by Gasteiger charge is 2.29. The molecule has 0 aliphatic heterocycles. The van der Waals surface area contributed by atoms with Crippen LogP contribution in [0.1, 0.15) is 29.8 Å². The minimum absolute atomic E-state index is 0.349. The van der Waals surface area contributed by atoms with Crippen molar-refractivity contribution in [1.29, 1.82) is 0 Å². The monoisotopic (exact) mass is 404 g/mol. The van der Waals surface area contributed by atoms with Crippen LogP contribution < -0.4 is 9.62 Å². The summed E-state index contributed by atoms with van der Waals surface area (Å²) in [6.45, 7) is 3.53. The number of carbonyl (C=O) groups is 2. The second-order valence-electron chi connectivity index (χ2n) is 6.31. The lowest BCUT2D eigenvalue weighted by molar-refractivity contribution is -0.116. The topological polar surface area (TPSA) is 92.8 Å². The van der Waals surface area contributed by atoms with E-state index in [4.69, 9.17) is 0 Å². The number of carbonyl (C=O) groups excluding carboxylic acids is 2. The fraction of sp³-hybridized carbons (Fsp3) is 0.300. The molecular weight excluding hydrogens is 380 g/mol. The quantitative estimate of drug-likeness (QED) is 0.717. The number of benzene rings is 2. The largest absolute Gasteiger partial charge is 0.465 e. The smallest absolute Gasteiger partial charge is 0.337 e. The zero-order valence-electron chi connectivity index (χ0n) is 16.3. The molecule has 2 rings (SSSR count). The second-order valence-corrected chi connectivity index (χ2v) is 8.17. The first-order valence-corrected chi connectivity index (χ1v) is 10.6. The standard InChI is InChI=1S/C20H24N2O5S/c1-5-15-6-12-18(13-7-15)22(28(4,25)26)14(2)19(23)21-17-10-8-16(9-11-17)20(24)27-3/h6-14H,5H2,1-4H3,(H,21,23)/t14-/m1/s1. The number of rotatable bonds is 7. The third-order valence-electron chi connectivity index (χ3n) is 4.26. The number of esters is 1. The molecule has 8 heteroatoms. The first-order chi connectivity index (χ1) is 13.2. The molecule has 0 bridgehead atoms. The van der Waals surface area contributed by atoms with E-state index in [2.05, 4.69) is 10.1 Å². The van der Waals surface area contributed by atoms with Crippen LogP contribution >= 0.6 is 0 Å². The van der Waals surface area contributed by atoms with Gasteiger partial charge >= 0.3 is 5.97 Å². The van der Waals surface area contributed by atoms with Gasteiger partial charge in [-0.2, -0.15) is 0 Å². The number of aryl methyl sites for hydroxylation is 1. The molecule has 2 aromatic rings. The van der Waals surface area contributed by atoms with Crippen molar-refractivity contribution >= 4 is 33.3 Å². The zero-order valence-corrected chi connectivity index (χ0v) is 17.1. The zero-order chi connectivity index (χ0) is 20.9. The van der Waals surface area contributed by atoms with Crippen LogP contribution in [0.25, 0.3) is 0 Å². The molecule has 1 atom stereocenters. The van der Waals surface area contributed by atoms with Gasteiger partial charge in [0.05, 0.1) is 24.6 Å². The summed E-state index contributed by atoms with van der Waals surface area (Å²) in [6, 6.07) is 12.2. The highest BCUT2D eigenvalue weighted by molar-refractivity contribution is 7.92. The third-order valence-corrected chi connectivity index (χ3v) is 5.50. The maximum atomic E-state index is 12.7. The average molecular weight is 404 g/mol. The number of methoxy groups -OCH3 is 1. The van der Waals surface area contributed by atoms with Crippen molar-refractivity contribution in [3.05, 3.63) is 59.7 Å². The van der Waals surface area contributed by atoms with Crippen LogP contribution in [0.15, 0.2) is 48.5 Å². The summed E-state index contributed by atoms with van der Waals surface area (Å²) in [4.78, 5) is 24.1. The number of nitrogens with zero attached hydrogens (tertiary/aromatic N) is 1. The molecule has 0 unspecified atom stereocenters. The Kier molecular flexibility index (Phi) is 6.80. The summed E-state index contributed by atoms with van der Waals surface area (Å²) in [5.41, 5.74) is 2.28. The van der Waals surface area contributed by atoms with E-state index in [1.165, 1.54) is 26.2 Å². The van der Waals surface area contributed by atoms with Gasteiger partial charge in [0.25, 0.3) is 0 Å². The van der Waals surface area contributed by atoms with Crippen LogP contribution in [-0.2, 0) is 26.0 Å². The van der Waals surface area contributed by atoms with Crippen LogP contribution in [0.5, 0.6) is 0 Å². The van der Waals surface area contributed by atoms with Gasteiger partial charge in [-0.25, -0.2) is 13.2 Å². The van der Waals surface area contributed by atoms with Gasteiger partial charge < -0.3 is 10.1 Å². The molecule has 0 saturated carbocycles. The fourth-order valence-corrected chi connectivity index (χ4v) is 3.92. The van der Waals surface area contributed by atoms with Gasteiger partial charge in [0, 0.05) is 5.69 Å². The van der Waals surface area contributed by atoms with Crippen LogP contribution in [0.3, 0.4) is 0 Å². The Morgan fingerprint density at radius 3 is 2.11 bits per heavy atom. The number of nitrogens with one attached hydrogen (secondary N) is 1. The number of hydrogen-bond acceptors (Lipinski definition) is 5. The Morgan fingerprint density at radius 1 is 1.07 bits per heavy atom. The molecule has 1 N–H and O–H groups in total. The van der Waals surface area contributed by atoms with E-state index in [1.807, 2.05) is 19.1 Å². The summed E-state index contributed by atoms with van der Waals surface area (Å²) >= 11 is 0. The first-order valence-electron chi connectivity index (χ1n) is 8.75. The number of anilines is 2. The highest BCUT2D eigenvalue weighted by Crippen LogP contribution is 2.22. The van der Waals surface area contributed by atoms with Crippen molar-refractivity contribution in [2.24, 2.45) is 0 Å². The van der Waals surface area contributed by atoms with Gasteiger partial charge in [0.2, 0.25) is 15.9 Å². The summed E-state index contributed by atoms with van der Waals surface area (Å²) in [5, 5.41) is 2.67. The van der Waals surface area contributed by atoms with E-state index in [1.54, 1.807) is 24.3 Å². The molecule has 0 aliphatic rings. The van der Waals surface area contributed by atoms with Gasteiger partial charge in [0.15, 0.2) is 0 Å². The molecule has 2 aromatic carbocycles. The van der Waals surface area contributed by atoms with Gasteiger partial charge in [-0.15, -0.1) is 0 Å². The van der Waals surface area contributed by atoms with E-state index >= 15 is 0 Å². The van der Waals surface area contributed by atoms with Crippen molar-refractivity contribution in [1.82, 2.24) is 0 Å². The first kappa shape index (κ1) is 21.4. The number of amides is 1. The molecule has 28 heavy (non-hydrogen) atoms. The highest BCUT2D eigenvalue weighted by atomic mass is 32.2. The van der Waals surface area contributed by atoms with Crippen LogP contribution in [-0.4, -0.2) is 39.7 Å². The average Bonchev–Trinajstić information content (AvgIpc) is 2.67. The molecule has 0 saturated heterocycles. The molecule has 0 heterocycles. The van der Waals surface area contributed by atoms with Crippen molar-refractivity contribution in [2.75, 3.05) is 23.0 Å². The van der Waals surface area contributed by atoms with Crippen LogP contribution in [0.4, 0.5) is 11.4 Å².